The van der Waals surface area contributed by atoms with E-state index in [1.54, 1.807) is 6.07 Å². The average molecular weight is 360 g/mol. The van der Waals surface area contributed by atoms with Crippen LogP contribution < -0.4 is 19.8 Å². The van der Waals surface area contributed by atoms with Gasteiger partial charge < -0.3 is 18.6 Å². The van der Waals surface area contributed by atoms with Gasteiger partial charge in [0.25, 0.3) is 0 Å². The molecule has 2 rings (SSSR count). The zero-order valence-electron chi connectivity index (χ0n) is 16.2. The minimum absolute atomic E-state index is 0.0401. The van der Waals surface area contributed by atoms with E-state index in [-0.39, 0.29) is 18.0 Å². The van der Waals surface area contributed by atoms with Crippen LogP contribution in [0.15, 0.2) is 39.6 Å². The standard InChI is InChI=1S/C21H28O5/c1-6-7-8-9-13-23-20-19(25-15(4)5)16-11-10-12-17(24-14(2)3)18(16)26-21(20)22/h7-8,10-12,14-15H,6,9,13H2,1-5H3. The second kappa shape index (κ2) is 9.32. The van der Waals surface area contributed by atoms with Crippen LogP contribution in [0.4, 0.5) is 0 Å². The van der Waals surface area contributed by atoms with E-state index in [9.17, 15) is 4.79 Å². The smallest absolute Gasteiger partial charge is 0.383 e. The maximum atomic E-state index is 12.5. The first-order valence-corrected chi connectivity index (χ1v) is 9.15. The van der Waals surface area contributed by atoms with Crippen LogP contribution in [0.25, 0.3) is 11.0 Å². The van der Waals surface area contributed by atoms with Gasteiger partial charge in [-0.2, -0.15) is 0 Å². The van der Waals surface area contributed by atoms with Crippen LogP contribution in [0.2, 0.25) is 0 Å². The van der Waals surface area contributed by atoms with E-state index in [1.165, 1.54) is 0 Å². The molecule has 0 saturated carbocycles. The predicted octanol–water partition coefficient (Wildman–Crippen LogP) is 5.10. The lowest BCUT2D eigenvalue weighted by Crippen LogP contribution is -2.15. The molecule has 0 aliphatic rings. The molecule has 0 amide bonds. The van der Waals surface area contributed by atoms with Gasteiger partial charge in [0.1, 0.15) is 0 Å². The molecule has 5 nitrogen and oxygen atoms in total. The molecule has 5 heteroatoms. The first kappa shape index (κ1) is 19.9. The molecule has 0 bridgehead atoms. The maximum Gasteiger partial charge on any atom is 0.383 e. The molecule has 0 unspecified atom stereocenters. The number of fused-ring (bicyclic) bond motifs is 1. The van der Waals surface area contributed by atoms with E-state index in [2.05, 4.69) is 13.0 Å². The minimum Gasteiger partial charge on any atom is -0.487 e. The van der Waals surface area contributed by atoms with Crippen LogP contribution in [-0.4, -0.2) is 18.8 Å². The first-order chi connectivity index (χ1) is 12.4. The lowest BCUT2D eigenvalue weighted by atomic mass is 10.2. The van der Waals surface area contributed by atoms with Crippen molar-refractivity contribution in [3.8, 4) is 17.2 Å². The van der Waals surface area contributed by atoms with E-state index in [4.69, 9.17) is 18.6 Å². The second-order valence-electron chi connectivity index (χ2n) is 6.53. The van der Waals surface area contributed by atoms with Crippen LogP contribution in [0, 0.1) is 0 Å². The van der Waals surface area contributed by atoms with Crippen molar-refractivity contribution in [3.63, 3.8) is 0 Å². The van der Waals surface area contributed by atoms with Crippen molar-refractivity contribution in [2.45, 2.75) is 59.7 Å². The van der Waals surface area contributed by atoms with Crippen LogP contribution in [0.3, 0.4) is 0 Å². The molecule has 0 spiro atoms. The van der Waals surface area contributed by atoms with E-state index in [0.29, 0.717) is 35.5 Å². The summed E-state index contributed by atoms with van der Waals surface area (Å²) in [4.78, 5) is 12.5. The van der Waals surface area contributed by atoms with Gasteiger partial charge in [-0.15, -0.1) is 0 Å². The molecule has 2 aromatic rings. The fourth-order valence-electron chi connectivity index (χ4n) is 2.49. The highest BCUT2D eigenvalue weighted by molar-refractivity contribution is 5.89. The Bertz CT molecular complexity index is 802. The van der Waals surface area contributed by atoms with Crippen LogP contribution in [0.1, 0.15) is 47.5 Å². The highest BCUT2D eigenvalue weighted by atomic mass is 16.5. The Hall–Kier alpha value is -2.43. The summed E-state index contributed by atoms with van der Waals surface area (Å²) in [6.45, 7) is 10.1. The zero-order chi connectivity index (χ0) is 19.1. The molecular formula is C21H28O5. The van der Waals surface area contributed by atoms with Gasteiger partial charge in [-0.1, -0.05) is 25.1 Å². The third kappa shape index (κ3) is 5.04. The Kier molecular flexibility index (Phi) is 7.13. The molecule has 1 aromatic carbocycles. The lowest BCUT2D eigenvalue weighted by molar-refractivity contribution is 0.217. The van der Waals surface area contributed by atoms with Gasteiger partial charge in [0.05, 0.1) is 24.2 Å². The summed E-state index contributed by atoms with van der Waals surface area (Å²) in [7, 11) is 0. The van der Waals surface area contributed by atoms with E-state index in [0.717, 1.165) is 6.42 Å². The number of rotatable bonds is 9. The Morgan fingerprint density at radius 2 is 1.77 bits per heavy atom. The van der Waals surface area contributed by atoms with Crippen LogP contribution in [-0.2, 0) is 0 Å². The number of hydrogen-bond donors (Lipinski definition) is 0. The molecule has 0 aliphatic carbocycles. The van der Waals surface area contributed by atoms with Gasteiger partial charge >= 0.3 is 5.63 Å². The van der Waals surface area contributed by atoms with Gasteiger partial charge in [-0.05, 0) is 52.7 Å². The van der Waals surface area contributed by atoms with Gasteiger partial charge in [0, 0.05) is 0 Å². The number of hydrogen-bond acceptors (Lipinski definition) is 5. The predicted molar refractivity (Wildman–Crippen MR) is 104 cm³/mol. The van der Waals surface area contributed by atoms with Crippen molar-refractivity contribution >= 4 is 11.0 Å². The third-order valence-electron chi connectivity index (χ3n) is 3.46. The fraction of sp³-hybridized carbons (Fsp3) is 0.476. The summed E-state index contributed by atoms with van der Waals surface area (Å²) < 4.78 is 22.9. The van der Waals surface area contributed by atoms with E-state index < -0.39 is 5.63 Å². The quantitative estimate of drug-likeness (QED) is 0.354. The molecule has 0 saturated heterocycles. The molecule has 26 heavy (non-hydrogen) atoms. The van der Waals surface area contributed by atoms with Crippen LogP contribution in [0.5, 0.6) is 17.2 Å². The summed E-state index contributed by atoms with van der Waals surface area (Å²) in [6.07, 6.45) is 5.62. The molecule has 0 aliphatic heterocycles. The molecule has 142 valence electrons. The molecule has 0 fully saturated rings. The number of benzene rings is 1. The average Bonchev–Trinajstić information content (AvgIpc) is 2.56. The van der Waals surface area contributed by atoms with Crippen molar-refractivity contribution in [2.75, 3.05) is 6.61 Å². The highest BCUT2D eigenvalue weighted by Crippen LogP contribution is 2.37. The Labute approximate surface area is 154 Å². The van der Waals surface area contributed by atoms with E-state index >= 15 is 0 Å². The summed E-state index contributed by atoms with van der Waals surface area (Å²) in [5, 5.41) is 0.663. The SMILES string of the molecule is CCC=CCCOc1c(OC(C)C)c2cccc(OC(C)C)c2oc1=O. The van der Waals surface area contributed by atoms with Gasteiger partial charge in [0.2, 0.25) is 5.75 Å². The Balaban J connectivity index is 2.48. The topological polar surface area (TPSA) is 57.9 Å². The summed E-state index contributed by atoms with van der Waals surface area (Å²) >= 11 is 0. The molecule has 0 atom stereocenters. The van der Waals surface area contributed by atoms with Crippen molar-refractivity contribution in [2.24, 2.45) is 0 Å². The van der Waals surface area contributed by atoms with Crippen molar-refractivity contribution in [1.82, 2.24) is 0 Å². The first-order valence-electron chi connectivity index (χ1n) is 9.15. The van der Waals surface area contributed by atoms with Crippen LogP contribution >= 0.6 is 0 Å². The molecule has 0 radical (unpaired) electrons. The highest BCUT2D eigenvalue weighted by Gasteiger charge is 2.21. The molecule has 1 heterocycles. The Morgan fingerprint density at radius 3 is 2.42 bits per heavy atom. The fourth-order valence-corrected chi connectivity index (χ4v) is 2.49. The summed E-state index contributed by atoms with van der Waals surface area (Å²) in [5.74, 6) is 1.03. The second-order valence-corrected chi connectivity index (χ2v) is 6.53. The molecule has 0 N–H and O–H groups in total. The van der Waals surface area contributed by atoms with Crippen molar-refractivity contribution in [1.29, 1.82) is 0 Å². The Morgan fingerprint density at radius 1 is 1.04 bits per heavy atom. The number of ether oxygens (including phenoxy) is 3. The number of allylic oxidation sites excluding steroid dienone is 1. The van der Waals surface area contributed by atoms with E-state index in [1.807, 2.05) is 45.9 Å². The van der Waals surface area contributed by atoms with Crippen molar-refractivity contribution < 1.29 is 18.6 Å². The van der Waals surface area contributed by atoms with Gasteiger partial charge in [-0.25, -0.2) is 4.79 Å². The number of para-hydroxylation sites is 1. The normalized spacial score (nSPS) is 11.7. The maximum absolute atomic E-state index is 12.5. The monoisotopic (exact) mass is 360 g/mol. The van der Waals surface area contributed by atoms with Gasteiger partial charge in [0.15, 0.2) is 17.1 Å². The van der Waals surface area contributed by atoms with Crippen molar-refractivity contribution in [3.05, 3.63) is 40.8 Å². The van der Waals surface area contributed by atoms with Gasteiger partial charge in [-0.3, -0.25) is 0 Å². The largest absolute Gasteiger partial charge is 0.487 e. The molecular weight excluding hydrogens is 332 g/mol. The zero-order valence-corrected chi connectivity index (χ0v) is 16.2. The molecule has 1 aromatic heterocycles. The summed E-state index contributed by atoms with van der Waals surface area (Å²) in [5.41, 5.74) is -0.187. The lowest BCUT2D eigenvalue weighted by Gasteiger charge is -2.17. The third-order valence-corrected chi connectivity index (χ3v) is 3.46. The summed E-state index contributed by atoms with van der Waals surface area (Å²) in [6, 6.07) is 5.47. The minimum atomic E-state index is -0.563.